The molecule has 2 rings (SSSR count). The van der Waals surface area contributed by atoms with Crippen molar-refractivity contribution in [3.63, 3.8) is 0 Å². The number of thiazole rings is 1. The Bertz CT molecular complexity index is 546. The lowest BCUT2D eigenvalue weighted by Gasteiger charge is -2.02. The van der Waals surface area contributed by atoms with Crippen molar-refractivity contribution in [2.75, 3.05) is 5.73 Å². The fraction of sp³-hybridized carbons (Fsp3) is 0.167. The third-order valence-electron chi connectivity index (χ3n) is 2.38. The highest BCUT2D eigenvalue weighted by Crippen LogP contribution is 2.19. The summed E-state index contributed by atoms with van der Waals surface area (Å²) < 4.78 is 0. The Hall–Kier alpha value is -1.68. The number of aryl methyl sites for hydroxylation is 2. The maximum absolute atomic E-state index is 12.1. The lowest BCUT2D eigenvalue weighted by atomic mass is 10.1. The van der Waals surface area contributed by atoms with E-state index in [0.29, 0.717) is 16.1 Å². The predicted octanol–water partition coefficient (Wildman–Crippen LogP) is 2.57. The summed E-state index contributed by atoms with van der Waals surface area (Å²) in [5, 5.41) is 0.899. The normalized spacial score (nSPS) is 10.4. The van der Waals surface area contributed by atoms with Gasteiger partial charge < -0.3 is 5.73 Å². The average Bonchev–Trinajstić information content (AvgIpc) is 2.68. The zero-order valence-corrected chi connectivity index (χ0v) is 9.97. The van der Waals surface area contributed by atoms with Crippen molar-refractivity contribution < 1.29 is 4.79 Å². The molecular formula is C12H12N2OS. The van der Waals surface area contributed by atoms with Crippen LogP contribution < -0.4 is 5.73 Å². The highest BCUT2D eigenvalue weighted by molar-refractivity contribution is 7.13. The molecule has 0 saturated carbocycles. The molecule has 82 valence electrons. The number of hydrogen-bond acceptors (Lipinski definition) is 4. The Labute approximate surface area is 97.9 Å². The smallest absolute Gasteiger partial charge is 0.204 e. The Morgan fingerprint density at radius 1 is 1.38 bits per heavy atom. The van der Waals surface area contributed by atoms with Gasteiger partial charge in [0.25, 0.3) is 0 Å². The van der Waals surface area contributed by atoms with E-state index < -0.39 is 0 Å². The molecule has 1 aromatic carbocycles. The molecule has 3 nitrogen and oxygen atoms in total. The summed E-state index contributed by atoms with van der Waals surface area (Å²) in [6, 6.07) is 5.32. The lowest BCUT2D eigenvalue weighted by molar-refractivity contribution is 0.104. The first-order chi connectivity index (χ1) is 7.58. The van der Waals surface area contributed by atoms with Crippen molar-refractivity contribution in [1.29, 1.82) is 0 Å². The van der Waals surface area contributed by atoms with Gasteiger partial charge in [-0.15, -0.1) is 11.3 Å². The molecule has 1 heterocycles. The van der Waals surface area contributed by atoms with Crippen molar-refractivity contribution in [1.82, 2.24) is 4.98 Å². The molecule has 0 fully saturated rings. The van der Waals surface area contributed by atoms with Gasteiger partial charge >= 0.3 is 0 Å². The van der Waals surface area contributed by atoms with E-state index in [-0.39, 0.29) is 5.78 Å². The quantitative estimate of drug-likeness (QED) is 0.639. The van der Waals surface area contributed by atoms with Crippen molar-refractivity contribution in [3.05, 3.63) is 45.4 Å². The van der Waals surface area contributed by atoms with Crippen LogP contribution >= 0.6 is 11.3 Å². The summed E-state index contributed by atoms with van der Waals surface area (Å²) in [6.45, 7) is 3.78. The van der Waals surface area contributed by atoms with Crippen LogP contribution in [0.3, 0.4) is 0 Å². The minimum atomic E-state index is 0.00806. The Morgan fingerprint density at radius 3 is 2.69 bits per heavy atom. The van der Waals surface area contributed by atoms with E-state index in [1.165, 1.54) is 11.3 Å². The molecule has 0 saturated heterocycles. The molecule has 16 heavy (non-hydrogen) atoms. The Kier molecular flexibility index (Phi) is 2.75. The van der Waals surface area contributed by atoms with Gasteiger partial charge in [0.15, 0.2) is 0 Å². The third-order valence-corrected chi connectivity index (χ3v) is 3.29. The summed E-state index contributed by atoms with van der Waals surface area (Å²) in [7, 11) is 0. The van der Waals surface area contributed by atoms with Crippen LogP contribution in [0.5, 0.6) is 0 Å². The summed E-state index contributed by atoms with van der Waals surface area (Å²) in [5.41, 5.74) is 8.00. The number of nitrogens with zero attached hydrogens (tertiary/aromatic N) is 1. The minimum absolute atomic E-state index is 0.00806. The number of nitrogens with two attached hydrogens (primary N) is 1. The van der Waals surface area contributed by atoms with Crippen LogP contribution in [0.15, 0.2) is 24.4 Å². The molecule has 0 radical (unpaired) electrons. The number of rotatable bonds is 2. The molecule has 0 unspecified atom stereocenters. The molecule has 0 aliphatic heterocycles. The number of nitrogen functional groups attached to an aromatic ring is 1. The SMILES string of the molecule is Cc1ncc(C(=O)c2ccc(N)c(C)c2)s1. The Balaban J connectivity index is 2.38. The third kappa shape index (κ3) is 1.97. The summed E-state index contributed by atoms with van der Waals surface area (Å²) in [5.74, 6) is 0.00806. The summed E-state index contributed by atoms with van der Waals surface area (Å²) in [4.78, 5) is 16.8. The van der Waals surface area contributed by atoms with Gasteiger partial charge in [-0.3, -0.25) is 4.79 Å². The molecule has 0 atom stereocenters. The number of hydrogen-bond donors (Lipinski definition) is 1. The second kappa shape index (κ2) is 4.06. The molecular weight excluding hydrogens is 220 g/mol. The van der Waals surface area contributed by atoms with Crippen LogP contribution in [0, 0.1) is 13.8 Å². The van der Waals surface area contributed by atoms with Gasteiger partial charge in [0.2, 0.25) is 5.78 Å². The zero-order chi connectivity index (χ0) is 11.7. The van der Waals surface area contributed by atoms with Crippen LogP contribution in [-0.2, 0) is 0 Å². The van der Waals surface area contributed by atoms with E-state index in [1.54, 1.807) is 18.3 Å². The van der Waals surface area contributed by atoms with Crippen LogP contribution in [0.25, 0.3) is 0 Å². The molecule has 0 aliphatic rings. The monoisotopic (exact) mass is 232 g/mol. The van der Waals surface area contributed by atoms with E-state index in [4.69, 9.17) is 5.73 Å². The van der Waals surface area contributed by atoms with Gasteiger partial charge in [0.05, 0.1) is 9.88 Å². The van der Waals surface area contributed by atoms with Crippen LogP contribution in [-0.4, -0.2) is 10.8 Å². The summed E-state index contributed by atoms with van der Waals surface area (Å²) >= 11 is 1.41. The topological polar surface area (TPSA) is 56.0 Å². The second-order valence-corrected chi connectivity index (χ2v) is 4.88. The van der Waals surface area contributed by atoms with E-state index in [0.717, 1.165) is 10.6 Å². The standard InChI is InChI=1S/C12H12N2OS/c1-7-5-9(3-4-10(7)13)12(15)11-6-14-8(2)16-11/h3-6H,13H2,1-2H3. The number of carbonyl (C=O) groups excluding carboxylic acids is 1. The fourth-order valence-electron chi connectivity index (χ4n) is 1.43. The molecule has 4 heteroatoms. The van der Waals surface area contributed by atoms with E-state index in [2.05, 4.69) is 4.98 Å². The van der Waals surface area contributed by atoms with Gasteiger partial charge in [0.1, 0.15) is 0 Å². The zero-order valence-electron chi connectivity index (χ0n) is 9.15. The number of ketones is 1. The average molecular weight is 232 g/mol. The van der Waals surface area contributed by atoms with Crippen LogP contribution in [0.2, 0.25) is 0 Å². The van der Waals surface area contributed by atoms with Gasteiger partial charge in [-0.1, -0.05) is 0 Å². The number of carbonyl (C=O) groups is 1. The number of benzene rings is 1. The Morgan fingerprint density at radius 2 is 2.12 bits per heavy atom. The van der Waals surface area contributed by atoms with Crippen molar-refractivity contribution in [3.8, 4) is 0 Å². The second-order valence-electron chi connectivity index (χ2n) is 3.64. The number of aromatic nitrogens is 1. The largest absolute Gasteiger partial charge is 0.399 e. The van der Waals surface area contributed by atoms with Crippen molar-refractivity contribution in [2.45, 2.75) is 13.8 Å². The van der Waals surface area contributed by atoms with E-state index in [9.17, 15) is 4.79 Å². The minimum Gasteiger partial charge on any atom is -0.399 e. The molecule has 0 aliphatic carbocycles. The fourth-order valence-corrected chi connectivity index (χ4v) is 2.17. The van der Waals surface area contributed by atoms with Crippen LogP contribution in [0.4, 0.5) is 5.69 Å². The van der Waals surface area contributed by atoms with E-state index in [1.807, 2.05) is 19.9 Å². The highest BCUT2D eigenvalue weighted by atomic mass is 32.1. The molecule has 0 amide bonds. The first kappa shape index (κ1) is 10.8. The molecule has 2 aromatic rings. The van der Waals surface area contributed by atoms with Gasteiger partial charge in [-0.25, -0.2) is 4.98 Å². The summed E-state index contributed by atoms with van der Waals surface area (Å²) in [6.07, 6.45) is 1.62. The van der Waals surface area contributed by atoms with E-state index >= 15 is 0 Å². The molecule has 0 bridgehead atoms. The van der Waals surface area contributed by atoms with Crippen molar-refractivity contribution >= 4 is 22.8 Å². The number of anilines is 1. The maximum Gasteiger partial charge on any atom is 0.204 e. The molecule has 0 spiro atoms. The lowest BCUT2D eigenvalue weighted by Crippen LogP contribution is -2.00. The maximum atomic E-state index is 12.1. The van der Waals surface area contributed by atoms with Gasteiger partial charge in [-0.2, -0.15) is 0 Å². The van der Waals surface area contributed by atoms with Crippen molar-refractivity contribution in [2.24, 2.45) is 0 Å². The molecule has 2 N–H and O–H groups in total. The predicted molar refractivity (Wildman–Crippen MR) is 65.9 cm³/mol. The first-order valence-corrected chi connectivity index (χ1v) is 5.73. The highest BCUT2D eigenvalue weighted by Gasteiger charge is 2.12. The first-order valence-electron chi connectivity index (χ1n) is 4.91. The van der Waals surface area contributed by atoms with Gasteiger partial charge in [-0.05, 0) is 37.6 Å². The molecule has 1 aromatic heterocycles. The van der Waals surface area contributed by atoms with Gasteiger partial charge in [0, 0.05) is 17.4 Å². The van der Waals surface area contributed by atoms with Crippen LogP contribution in [0.1, 0.15) is 25.8 Å².